The summed E-state index contributed by atoms with van der Waals surface area (Å²) < 4.78 is 15.6. The molecular formula is C13H15ClFN3O. The minimum absolute atomic E-state index is 0.219. The molecule has 1 heterocycles. The Hall–Kier alpha value is -1.46. The fourth-order valence-electron chi connectivity index (χ4n) is 1.91. The molecule has 0 aliphatic heterocycles. The van der Waals surface area contributed by atoms with Crippen molar-refractivity contribution >= 4 is 11.6 Å². The second-order valence-corrected chi connectivity index (χ2v) is 5.11. The Morgan fingerprint density at radius 2 is 2.11 bits per heavy atom. The fraction of sp³-hybridized carbons (Fsp3) is 0.385. The van der Waals surface area contributed by atoms with Crippen molar-refractivity contribution in [3.63, 3.8) is 0 Å². The van der Waals surface area contributed by atoms with Crippen molar-refractivity contribution in [1.29, 1.82) is 0 Å². The number of aliphatic hydroxyl groups is 1. The number of aliphatic hydroxyl groups excluding tert-OH is 1. The van der Waals surface area contributed by atoms with Crippen LogP contribution in [0.1, 0.15) is 19.7 Å². The van der Waals surface area contributed by atoms with Gasteiger partial charge >= 0.3 is 0 Å². The molecule has 2 rings (SSSR count). The van der Waals surface area contributed by atoms with E-state index in [0.717, 1.165) is 0 Å². The first-order valence-electron chi connectivity index (χ1n) is 6.02. The van der Waals surface area contributed by atoms with E-state index in [1.165, 1.54) is 12.1 Å². The number of rotatable bonds is 4. The first kappa shape index (κ1) is 14.0. The smallest absolute Gasteiger partial charge is 0.168 e. The molecule has 1 aromatic carbocycles. The van der Waals surface area contributed by atoms with Crippen LogP contribution in [0, 0.1) is 11.7 Å². The maximum Gasteiger partial charge on any atom is 0.168 e. The standard InChI is InChI=1S/C13H15ClFN3O/c1-8(2)6-18-11(7-19)16-17-13(18)12-9(14)4-3-5-10(12)15/h3-5,8,19H,6-7H2,1-2H3. The SMILES string of the molecule is CC(C)Cn1c(CO)nnc1-c1c(F)cccc1Cl. The molecule has 0 aliphatic rings. The van der Waals surface area contributed by atoms with E-state index >= 15 is 0 Å². The molecule has 4 nitrogen and oxygen atoms in total. The summed E-state index contributed by atoms with van der Waals surface area (Å²) in [7, 11) is 0. The maximum atomic E-state index is 13.9. The lowest BCUT2D eigenvalue weighted by Gasteiger charge is -2.13. The second kappa shape index (κ2) is 5.67. The van der Waals surface area contributed by atoms with E-state index in [2.05, 4.69) is 10.2 Å². The second-order valence-electron chi connectivity index (χ2n) is 4.70. The Bertz CT molecular complexity index is 563. The van der Waals surface area contributed by atoms with Gasteiger partial charge in [0.25, 0.3) is 0 Å². The molecule has 0 saturated heterocycles. The molecule has 0 saturated carbocycles. The number of hydrogen-bond donors (Lipinski definition) is 1. The molecule has 0 unspecified atom stereocenters. The Labute approximate surface area is 115 Å². The van der Waals surface area contributed by atoms with Crippen LogP contribution >= 0.6 is 11.6 Å². The van der Waals surface area contributed by atoms with Gasteiger partial charge in [-0.3, -0.25) is 0 Å². The van der Waals surface area contributed by atoms with Crippen LogP contribution in [0.4, 0.5) is 4.39 Å². The summed E-state index contributed by atoms with van der Waals surface area (Å²) in [5.74, 6) is 0.615. The van der Waals surface area contributed by atoms with E-state index in [1.54, 1.807) is 10.6 Å². The highest BCUT2D eigenvalue weighted by Gasteiger charge is 2.19. The summed E-state index contributed by atoms with van der Waals surface area (Å²) in [6, 6.07) is 4.47. The third-order valence-electron chi connectivity index (χ3n) is 2.70. The first-order valence-corrected chi connectivity index (χ1v) is 6.39. The number of benzene rings is 1. The van der Waals surface area contributed by atoms with Crippen molar-refractivity contribution in [3.05, 3.63) is 34.9 Å². The molecule has 0 aliphatic carbocycles. The largest absolute Gasteiger partial charge is 0.388 e. The number of halogens is 2. The summed E-state index contributed by atoms with van der Waals surface area (Å²) in [6.07, 6.45) is 0. The van der Waals surface area contributed by atoms with Crippen molar-refractivity contribution in [1.82, 2.24) is 14.8 Å². The lowest BCUT2D eigenvalue weighted by atomic mass is 10.1. The van der Waals surface area contributed by atoms with Crippen molar-refractivity contribution in [3.8, 4) is 11.4 Å². The van der Waals surface area contributed by atoms with Gasteiger partial charge in [-0.25, -0.2) is 4.39 Å². The lowest BCUT2D eigenvalue weighted by Crippen LogP contribution is -2.10. The Morgan fingerprint density at radius 1 is 1.37 bits per heavy atom. The van der Waals surface area contributed by atoms with E-state index in [-0.39, 0.29) is 17.2 Å². The molecule has 0 amide bonds. The minimum Gasteiger partial charge on any atom is -0.388 e. The summed E-state index contributed by atoms with van der Waals surface area (Å²) in [5, 5.41) is 17.4. The highest BCUT2D eigenvalue weighted by atomic mass is 35.5. The molecule has 19 heavy (non-hydrogen) atoms. The van der Waals surface area contributed by atoms with Crippen molar-refractivity contribution < 1.29 is 9.50 Å². The Morgan fingerprint density at radius 3 is 2.68 bits per heavy atom. The van der Waals surface area contributed by atoms with Crippen LogP contribution in [0.3, 0.4) is 0 Å². The highest BCUT2D eigenvalue weighted by Crippen LogP contribution is 2.30. The number of nitrogens with zero attached hydrogens (tertiary/aromatic N) is 3. The van der Waals surface area contributed by atoms with Gasteiger partial charge in [-0.1, -0.05) is 31.5 Å². The van der Waals surface area contributed by atoms with Crippen LogP contribution in [0.15, 0.2) is 18.2 Å². The van der Waals surface area contributed by atoms with E-state index in [1.807, 2.05) is 13.8 Å². The zero-order chi connectivity index (χ0) is 14.0. The quantitative estimate of drug-likeness (QED) is 0.939. The van der Waals surface area contributed by atoms with Crippen LogP contribution in [-0.4, -0.2) is 19.9 Å². The third-order valence-corrected chi connectivity index (χ3v) is 3.02. The molecule has 0 bridgehead atoms. The van der Waals surface area contributed by atoms with Gasteiger partial charge in [0.05, 0.1) is 10.6 Å². The van der Waals surface area contributed by atoms with Crippen LogP contribution in [-0.2, 0) is 13.2 Å². The molecule has 0 radical (unpaired) electrons. The van der Waals surface area contributed by atoms with Crippen molar-refractivity contribution in [2.24, 2.45) is 5.92 Å². The fourth-order valence-corrected chi connectivity index (χ4v) is 2.15. The molecule has 0 spiro atoms. The van der Waals surface area contributed by atoms with Crippen LogP contribution < -0.4 is 0 Å². The predicted molar refractivity (Wildman–Crippen MR) is 71.2 cm³/mol. The molecular weight excluding hydrogens is 269 g/mol. The predicted octanol–water partition coefficient (Wildman–Crippen LogP) is 2.89. The molecule has 0 atom stereocenters. The number of hydrogen-bond acceptors (Lipinski definition) is 3. The zero-order valence-corrected chi connectivity index (χ0v) is 11.5. The summed E-state index contributed by atoms with van der Waals surface area (Å²) in [4.78, 5) is 0. The average molecular weight is 284 g/mol. The molecule has 1 aromatic heterocycles. The van der Waals surface area contributed by atoms with Crippen molar-refractivity contribution in [2.45, 2.75) is 27.0 Å². The Kier molecular flexibility index (Phi) is 4.17. The van der Waals surface area contributed by atoms with Gasteiger partial charge in [-0.15, -0.1) is 10.2 Å². The zero-order valence-electron chi connectivity index (χ0n) is 10.8. The summed E-state index contributed by atoms with van der Waals surface area (Å²) >= 11 is 6.04. The van der Waals surface area contributed by atoms with Gasteiger partial charge in [-0.2, -0.15) is 0 Å². The molecule has 1 N–H and O–H groups in total. The molecule has 0 fully saturated rings. The third kappa shape index (κ3) is 2.77. The van der Waals surface area contributed by atoms with Crippen LogP contribution in [0.25, 0.3) is 11.4 Å². The Balaban J connectivity index is 2.59. The van der Waals surface area contributed by atoms with Gasteiger partial charge in [0.1, 0.15) is 12.4 Å². The summed E-state index contributed by atoms with van der Waals surface area (Å²) in [5.41, 5.74) is 0.219. The van der Waals surface area contributed by atoms with Gasteiger partial charge < -0.3 is 9.67 Å². The van der Waals surface area contributed by atoms with Gasteiger partial charge in [0.2, 0.25) is 0 Å². The lowest BCUT2D eigenvalue weighted by molar-refractivity contribution is 0.262. The van der Waals surface area contributed by atoms with E-state index in [9.17, 15) is 9.50 Å². The van der Waals surface area contributed by atoms with E-state index < -0.39 is 5.82 Å². The van der Waals surface area contributed by atoms with Crippen molar-refractivity contribution in [2.75, 3.05) is 0 Å². The summed E-state index contributed by atoms with van der Waals surface area (Å²) in [6.45, 7) is 4.39. The first-order chi connectivity index (χ1) is 9.04. The molecule has 6 heteroatoms. The average Bonchev–Trinajstić information content (AvgIpc) is 2.71. The minimum atomic E-state index is -0.450. The van der Waals surface area contributed by atoms with Crippen LogP contribution in [0.2, 0.25) is 5.02 Å². The highest BCUT2D eigenvalue weighted by molar-refractivity contribution is 6.33. The van der Waals surface area contributed by atoms with Crippen LogP contribution in [0.5, 0.6) is 0 Å². The van der Waals surface area contributed by atoms with E-state index in [4.69, 9.17) is 11.6 Å². The normalized spacial score (nSPS) is 11.3. The van der Waals surface area contributed by atoms with E-state index in [0.29, 0.717) is 24.1 Å². The maximum absolute atomic E-state index is 13.9. The van der Waals surface area contributed by atoms with Gasteiger partial charge in [0.15, 0.2) is 11.6 Å². The topological polar surface area (TPSA) is 50.9 Å². The number of aromatic nitrogens is 3. The van der Waals surface area contributed by atoms with Gasteiger partial charge in [0, 0.05) is 6.54 Å². The monoisotopic (exact) mass is 283 g/mol. The molecule has 102 valence electrons. The molecule has 2 aromatic rings. The van der Waals surface area contributed by atoms with Gasteiger partial charge in [-0.05, 0) is 18.1 Å².